The average Bonchev–Trinajstić information content (AvgIpc) is 3.10. The lowest BCUT2D eigenvalue weighted by Gasteiger charge is -2.10. The second kappa shape index (κ2) is 7.03. The normalized spacial score (nSPS) is 10.9. The lowest BCUT2D eigenvalue weighted by Crippen LogP contribution is -2.28. The van der Waals surface area contributed by atoms with E-state index >= 15 is 0 Å². The van der Waals surface area contributed by atoms with Crippen molar-refractivity contribution < 1.29 is 4.79 Å². The molecule has 0 aliphatic heterocycles. The minimum atomic E-state index is -0.438. The molecule has 24 heavy (non-hydrogen) atoms. The Hall–Kier alpha value is -3.03. The molecule has 0 saturated heterocycles. The van der Waals surface area contributed by atoms with E-state index in [1.807, 2.05) is 0 Å². The van der Waals surface area contributed by atoms with E-state index in [2.05, 4.69) is 32.5 Å². The Bertz CT molecular complexity index is 901. The largest absolute Gasteiger partial charge is 0.289 e. The minimum absolute atomic E-state index is 0.182. The third-order valence-electron chi connectivity index (χ3n) is 3.70. The molecule has 0 spiro atoms. The Morgan fingerprint density at radius 3 is 2.75 bits per heavy atom. The summed E-state index contributed by atoms with van der Waals surface area (Å²) >= 11 is 0. The number of amides is 1. The van der Waals surface area contributed by atoms with Gasteiger partial charge in [-0.25, -0.2) is 9.78 Å². The van der Waals surface area contributed by atoms with Crippen LogP contribution < -0.4 is 10.9 Å². The van der Waals surface area contributed by atoms with Crippen LogP contribution in [-0.2, 0) is 6.54 Å². The van der Waals surface area contributed by atoms with E-state index in [-0.39, 0.29) is 17.2 Å². The molecular formula is C16H18N6O2. The number of H-pyrrole nitrogens is 1. The topological polar surface area (TPSA) is 106 Å². The van der Waals surface area contributed by atoms with Gasteiger partial charge in [0.25, 0.3) is 11.5 Å². The third-order valence-corrected chi connectivity index (χ3v) is 3.70. The van der Waals surface area contributed by atoms with Crippen LogP contribution in [0.4, 0.5) is 5.95 Å². The highest BCUT2D eigenvalue weighted by Gasteiger charge is 2.17. The number of hydrogen-bond acceptors (Lipinski definition) is 5. The molecule has 124 valence electrons. The Balaban J connectivity index is 2.03. The lowest BCUT2D eigenvalue weighted by atomic mass is 10.1. The van der Waals surface area contributed by atoms with Crippen molar-refractivity contribution in [2.45, 2.75) is 32.7 Å². The molecule has 1 amide bonds. The number of unbranched alkanes of at least 4 members (excludes halogenated alkanes) is 2. The number of hydrogen-bond donors (Lipinski definition) is 2. The summed E-state index contributed by atoms with van der Waals surface area (Å²) in [6.45, 7) is 2.58. The highest BCUT2D eigenvalue weighted by Crippen LogP contribution is 2.14. The highest BCUT2D eigenvalue weighted by atomic mass is 16.2. The van der Waals surface area contributed by atoms with Crippen molar-refractivity contribution in [3.05, 3.63) is 46.6 Å². The average molecular weight is 326 g/mol. The molecule has 2 aromatic heterocycles. The molecule has 0 fully saturated rings. The molecule has 8 nitrogen and oxygen atoms in total. The zero-order valence-corrected chi connectivity index (χ0v) is 13.3. The molecule has 1 aromatic carbocycles. The van der Waals surface area contributed by atoms with E-state index < -0.39 is 5.91 Å². The summed E-state index contributed by atoms with van der Waals surface area (Å²) < 4.78 is 1.37. The number of anilines is 1. The zero-order chi connectivity index (χ0) is 16.9. The molecule has 8 heteroatoms. The summed E-state index contributed by atoms with van der Waals surface area (Å²) in [5.41, 5.74) is 0.0102. The van der Waals surface area contributed by atoms with Gasteiger partial charge >= 0.3 is 0 Å². The lowest BCUT2D eigenvalue weighted by molar-refractivity contribution is 0.102. The molecule has 0 bridgehead atoms. The molecule has 2 heterocycles. The number of aryl methyl sites for hydroxylation is 1. The first-order valence-corrected chi connectivity index (χ1v) is 7.87. The van der Waals surface area contributed by atoms with Gasteiger partial charge in [0.15, 0.2) is 5.69 Å². The molecule has 3 rings (SSSR count). The van der Waals surface area contributed by atoms with Gasteiger partial charge in [0, 0.05) is 11.9 Å². The number of carbonyl (C=O) groups is 1. The van der Waals surface area contributed by atoms with Crippen molar-refractivity contribution in [2.75, 3.05) is 5.32 Å². The quantitative estimate of drug-likeness (QED) is 0.674. The first-order chi connectivity index (χ1) is 11.7. The van der Waals surface area contributed by atoms with E-state index in [0.29, 0.717) is 17.3 Å². The summed E-state index contributed by atoms with van der Waals surface area (Å²) in [6, 6.07) is 6.98. The van der Waals surface area contributed by atoms with Crippen LogP contribution in [0.2, 0.25) is 0 Å². The van der Waals surface area contributed by atoms with Crippen molar-refractivity contribution in [3.63, 3.8) is 0 Å². The van der Waals surface area contributed by atoms with Crippen LogP contribution in [0.3, 0.4) is 0 Å². The number of rotatable bonds is 6. The SMILES string of the molecule is CCCCCn1nc(C(=O)Nc2ncn[nH]2)c2ccccc2c1=O. The van der Waals surface area contributed by atoms with Crippen LogP contribution in [0.15, 0.2) is 35.4 Å². The predicted molar refractivity (Wildman–Crippen MR) is 89.9 cm³/mol. The monoisotopic (exact) mass is 326 g/mol. The van der Waals surface area contributed by atoms with Gasteiger partial charge in [0.2, 0.25) is 5.95 Å². The first-order valence-electron chi connectivity index (χ1n) is 7.87. The van der Waals surface area contributed by atoms with Gasteiger partial charge in [-0.2, -0.15) is 15.2 Å². The number of fused-ring (bicyclic) bond motifs is 1. The molecule has 3 aromatic rings. The van der Waals surface area contributed by atoms with Crippen molar-refractivity contribution in [3.8, 4) is 0 Å². The Labute approximate surface area is 137 Å². The van der Waals surface area contributed by atoms with Crippen LogP contribution in [0.25, 0.3) is 10.8 Å². The van der Waals surface area contributed by atoms with Crippen LogP contribution in [-0.4, -0.2) is 30.9 Å². The standard InChI is InChI=1S/C16H18N6O2/c1-2-3-6-9-22-15(24)12-8-5-4-7-11(12)13(21-22)14(23)19-16-17-10-18-20-16/h4-5,7-8,10H,2-3,6,9H2,1H3,(H2,17,18,19,20,23). The summed E-state index contributed by atoms with van der Waals surface area (Å²) in [7, 11) is 0. The van der Waals surface area contributed by atoms with E-state index in [1.54, 1.807) is 24.3 Å². The van der Waals surface area contributed by atoms with Gasteiger partial charge in [0.05, 0.1) is 5.39 Å². The number of aromatic nitrogens is 5. The van der Waals surface area contributed by atoms with Gasteiger partial charge in [-0.3, -0.25) is 14.9 Å². The van der Waals surface area contributed by atoms with Gasteiger partial charge in [-0.15, -0.1) is 0 Å². The van der Waals surface area contributed by atoms with E-state index in [1.165, 1.54) is 11.0 Å². The Kier molecular flexibility index (Phi) is 4.64. The minimum Gasteiger partial charge on any atom is -0.289 e. The smallest absolute Gasteiger partial charge is 0.279 e. The fourth-order valence-corrected chi connectivity index (χ4v) is 2.50. The van der Waals surface area contributed by atoms with E-state index in [9.17, 15) is 9.59 Å². The van der Waals surface area contributed by atoms with E-state index in [0.717, 1.165) is 19.3 Å². The fourth-order valence-electron chi connectivity index (χ4n) is 2.50. The summed E-state index contributed by atoms with van der Waals surface area (Å²) in [5, 5.41) is 14.1. The maximum atomic E-state index is 12.6. The van der Waals surface area contributed by atoms with Crippen molar-refractivity contribution in [1.29, 1.82) is 0 Å². The Morgan fingerprint density at radius 1 is 1.25 bits per heavy atom. The van der Waals surface area contributed by atoms with Crippen LogP contribution in [0, 0.1) is 0 Å². The zero-order valence-electron chi connectivity index (χ0n) is 13.3. The number of benzene rings is 1. The maximum Gasteiger partial charge on any atom is 0.279 e. The molecule has 0 atom stereocenters. The number of aromatic amines is 1. The molecule has 0 saturated carbocycles. The number of nitrogens with zero attached hydrogens (tertiary/aromatic N) is 4. The van der Waals surface area contributed by atoms with Crippen molar-refractivity contribution in [1.82, 2.24) is 25.0 Å². The third kappa shape index (κ3) is 3.17. The number of carbonyl (C=O) groups excluding carboxylic acids is 1. The summed E-state index contributed by atoms with van der Waals surface area (Å²) in [5.74, 6) is -0.207. The van der Waals surface area contributed by atoms with Crippen molar-refractivity contribution in [2.24, 2.45) is 0 Å². The molecule has 0 aliphatic rings. The molecule has 0 unspecified atom stereocenters. The highest BCUT2D eigenvalue weighted by molar-refractivity contribution is 6.10. The second-order valence-electron chi connectivity index (χ2n) is 5.42. The van der Waals surface area contributed by atoms with Crippen molar-refractivity contribution >= 4 is 22.6 Å². The molecular weight excluding hydrogens is 308 g/mol. The van der Waals surface area contributed by atoms with E-state index in [4.69, 9.17) is 0 Å². The molecule has 0 radical (unpaired) electrons. The number of nitrogens with one attached hydrogen (secondary N) is 2. The predicted octanol–water partition coefficient (Wildman–Crippen LogP) is 1.96. The Morgan fingerprint density at radius 2 is 2.04 bits per heavy atom. The fraction of sp³-hybridized carbons (Fsp3) is 0.312. The van der Waals surface area contributed by atoms with Crippen LogP contribution in [0.5, 0.6) is 0 Å². The molecule has 2 N–H and O–H groups in total. The first kappa shape index (κ1) is 15.9. The van der Waals surface area contributed by atoms with Gasteiger partial charge in [-0.1, -0.05) is 38.0 Å². The van der Waals surface area contributed by atoms with Gasteiger partial charge < -0.3 is 0 Å². The van der Waals surface area contributed by atoms with Gasteiger partial charge in [0.1, 0.15) is 6.33 Å². The summed E-state index contributed by atoms with van der Waals surface area (Å²) in [6.07, 6.45) is 4.18. The van der Waals surface area contributed by atoms with Crippen LogP contribution >= 0.6 is 0 Å². The summed E-state index contributed by atoms with van der Waals surface area (Å²) in [4.78, 5) is 29.0. The van der Waals surface area contributed by atoms with Gasteiger partial charge in [-0.05, 0) is 12.5 Å². The second-order valence-corrected chi connectivity index (χ2v) is 5.42. The molecule has 0 aliphatic carbocycles. The van der Waals surface area contributed by atoms with Crippen LogP contribution in [0.1, 0.15) is 36.7 Å². The maximum absolute atomic E-state index is 12.6.